The molecule has 1 saturated carbocycles. The Bertz CT molecular complexity index is 978. The van der Waals surface area contributed by atoms with Gasteiger partial charge in [-0.2, -0.15) is 0 Å². The summed E-state index contributed by atoms with van der Waals surface area (Å²) >= 11 is 6.06. The molecule has 3 rings (SSSR count). The Morgan fingerprint density at radius 3 is 2.34 bits per heavy atom. The highest BCUT2D eigenvalue weighted by Crippen LogP contribution is 2.31. The predicted octanol–water partition coefficient (Wildman–Crippen LogP) is 6.27. The molecule has 1 N–H and O–H groups in total. The molecule has 1 atom stereocenters. The van der Waals surface area contributed by atoms with Crippen LogP contribution in [0.4, 0.5) is 0 Å². The molecule has 1 aliphatic rings. The van der Waals surface area contributed by atoms with E-state index in [4.69, 9.17) is 16.3 Å². The van der Waals surface area contributed by atoms with E-state index in [9.17, 15) is 9.59 Å². The minimum absolute atomic E-state index is 0.0863. The first-order valence-electron chi connectivity index (χ1n) is 12.8. The Morgan fingerprint density at radius 1 is 1.06 bits per heavy atom. The first-order valence-corrected chi connectivity index (χ1v) is 13.1. The standard InChI is InChI=1S/C29H39ClN2O3/c1-5-25(28(34)31-23-11-7-6-8-12-23)32(19-21-15-17-22(30)18-16-21)27(33)20-35-26-14-10-9-13-24(26)29(2,3)4/h9-10,13-18,23,25H,5-8,11-12,19-20H2,1-4H3,(H,31,34)/t25-/m0/s1. The maximum Gasteiger partial charge on any atom is 0.261 e. The summed E-state index contributed by atoms with van der Waals surface area (Å²) in [6.45, 7) is 8.49. The maximum absolute atomic E-state index is 13.5. The molecule has 1 aliphatic carbocycles. The van der Waals surface area contributed by atoms with Crippen molar-refractivity contribution in [3.63, 3.8) is 0 Å². The molecule has 0 saturated heterocycles. The molecule has 2 amide bonds. The lowest BCUT2D eigenvalue weighted by Crippen LogP contribution is -2.52. The number of para-hydroxylation sites is 1. The largest absolute Gasteiger partial charge is 0.483 e. The Morgan fingerprint density at radius 2 is 1.71 bits per heavy atom. The molecule has 0 bridgehead atoms. The molecule has 0 radical (unpaired) electrons. The minimum Gasteiger partial charge on any atom is -0.483 e. The van der Waals surface area contributed by atoms with Crippen molar-refractivity contribution in [1.82, 2.24) is 10.2 Å². The van der Waals surface area contributed by atoms with Gasteiger partial charge in [0.05, 0.1) is 0 Å². The van der Waals surface area contributed by atoms with Crippen LogP contribution >= 0.6 is 11.6 Å². The molecular weight excluding hydrogens is 460 g/mol. The molecule has 1 fully saturated rings. The summed E-state index contributed by atoms with van der Waals surface area (Å²) in [6.07, 6.45) is 6.01. The molecule has 0 aliphatic heterocycles. The maximum atomic E-state index is 13.5. The van der Waals surface area contributed by atoms with Crippen molar-refractivity contribution >= 4 is 23.4 Å². The number of hydrogen-bond acceptors (Lipinski definition) is 3. The highest BCUT2D eigenvalue weighted by Gasteiger charge is 2.31. The molecule has 2 aromatic rings. The molecule has 0 aromatic heterocycles. The lowest BCUT2D eigenvalue weighted by Gasteiger charge is -2.33. The number of hydrogen-bond donors (Lipinski definition) is 1. The van der Waals surface area contributed by atoms with Gasteiger partial charge in [0.15, 0.2) is 6.61 Å². The van der Waals surface area contributed by atoms with Crippen molar-refractivity contribution in [3.05, 3.63) is 64.7 Å². The lowest BCUT2D eigenvalue weighted by atomic mass is 9.86. The third-order valence-electron chi connectivity index (χ3n) is 6.65. The van der Waals surface area contributed by atoms with Crippen molar-refractivity contribution in [2.45, 2.75) is 90.3 Å². The van der Waals surface area contributed by atoms with E-state index in [2.05, 4.69) is 26.1 Å². The van der Waals surface area contributed by atoms with Crippen LogP contribution in [-0.4, -0.2) is 35.4 Å². The SMILES string of the molecule is CC[C@@H](C(=O)NC1CCCCC1)N(Cc1ccc(Cl)cc1)C(=O)COc1ccccc1C(C)(C)C. The number of halogens is 1. The number of benzene rings is 2. The van der Waals surface area contributed by atoms with Gasteiger partial charge in [0.1, 0.15) is 11.8 Å². The van der Waals surface area contributed by atoms with Crippen LogP contribution in [0, 0.1) is 0 Å². The summed E-state index contributed by atoms with van der Waals surface area (Å²) in [5, 5.41) is 3.84. The van der Waals surface area contributed by atoms with Gasteiger partial charge in [-0.15, -0.1) is 0 Å². The van der Waals surface area contributed by atoms with Gasteiger partial charge in [0.25, 0.3) is 5.91 Å². The summed E-state index contributed by atoms with van der Waals surface area (Å²) in [6, 6.07) is 14.8. The van der Waals surface area contributed by atoms with Gasteiger partial charge in [0.2, 0.25) is 5.91 Å². The fraction of sp³-hybridized carbons (Fsp3) is 0.517. The lowest BCUT2D eigenvalue weighted by molar-refractivity contribution is -0.143. The van der Waals surface area contributed by atoms with E-state index in [0.29, 0.717) is 23.7 Å². The van der Waals surface area contributed by atoms with Crippen LogP contribution < -0.4 is 10.1 Å². The first-order chi connectivity index (χ1) is 16.7. The smallest absolute Gasteiger partial charge is 0.261 e. The zero-order valence-corrected chi connectivity index (χ0v) is 22.2. The third-order valence-corrected chi connectivity index (χ3v) is 6.90. The molecule has 0 unspecified atom stereocenters. The molecule has 190 valence electrons. The number of rotatable bonds is 9. The summed E-state index contributed by atoms with van der Waals surface area (Å²) in [7, 11) is 0. The number of ether oxygens (including phenoxy) is 1. The van der Waals surface area contributed by atoms with Gasteiger partial charge in [-0.05, 0) is 54.0 Å². The van der Waals surface area contributed by atoms with Crippen LogP contribution in [0.15, 0.2) is 48.5 Å². The van der Waals surface area contributed by atoms with Gasteiger partial charge in [-0.25, -0.2) is 0 Å². The van der Waals surface area contributed by atoms with Crippen LogP contribution in [0.3, 0.4) is 0 Å². The van der Waals surface area contributed by atoms with Crippen molar-refractivity contribution in [2.24, 2.45) is 0 Å². The summed E-state index contributed by atoms with van der Waals surface area (Å²) in [4.78, 5) is 28.5. The second-order valence-corrected chi connectivity index (χ2v) is 10.9. The van der Waals surface area contributed by atoms with Crippen molar-refractivity contribution in [2.75, 3.05) is 6.61 Å². The second-order valence-electron chi connectivity index (χ2n) is 10.5. The first kappa shape index (κ1) is 27.1. The van der Waals surface area contributed by atoms with E-state index in [1.807, 2.05) is 43.3 Å². The third kappa shape index (κ3) is 7.73. The summed E-state index contributed by atoms with van der Waals surface area (Å²) < 4.78 is 6.04. The van der Waals surface area contributed by atoms with Gasteiger partial charge < -0.3 is 15.0 Å². The molecule has 0 spiro atoms. The fourth-order valence-corrected chi connectivity index (χ4v) is 4.81. The number of nitrogens with one attached hydrogen (secondary N) is 1. The molecular formula is C29H39ClN2O3. The van der Waals surface area contributed by atoms with Crippen LogP contribution in [0.5, 0.6) is 5.75 Å². The van der Waals surface area contributed by atoms with E-state index < -0.39 is 6.04 Å². The van der Waals surface area contributed by atoms with E-state index in [1.54, 1.807) is 17.0 Å². The van der Waals surface area contributed by atoms with Crippen molar-refractivity contribution in [3.8, 4) is 5.75 Å². The average Bonchev–Trinajstić information content (AvgIpc) is 2.84. The highest BCUT2D eigenvalue weighted by atomic mass is 35.5. The monoisotopic (exact) mass is 498 g/mol. The molecule has 6 heteroatoms. The average molecular weight is 499 g/mol. The van der Waals surface area contributed by atoms with Gasteiger partial charge >= 0.3 is 0 Å². The Labute approximate surface area is 215 Å². The zero-order valence-electron chi connectivity index (χ0n) is 21.5. The van der Waals surface area contributed by atoms with E-state index in [1.165, 1.54) is 6.42 Å². The van der Waals surface area contributed by atoms with Crippen LogP contribution in [0.25, 0.3) is 0 Å². The van der Waals surface area contributed by atoms with Crippen LogP contribution in [0.2, 0.25) is 5.02 Å². The number of carbonyl (C=O) groups excluding carboxylic acids is 2. The minimum atomic E-state index is -0.568. The molecule has 5 nitrogen and oxygen atoms in total. The highest BCUT2D eigenvalue weighted by molar-refractivity contribution is 6.30. The second kappa shape index (κ2) is 12.4. The van der Waals surface area contributed by atoms with Crippen molar-refractivity contribution in [1.29, 1.82) is 0 Å². The zero-order chi connectivity index (χ0) is 25.4. The van der Waals surface area contributed by atoms with E-state index in [-0.39, 0.29) is 29.9 Å². The van der Waals surface area contributed by atoms with Gasteiger partial charge in [0, 0.05) is 17.6 Å². The number of nitrogens with zero attached hydrogens (tertiary/aromatic N) is 1. The molecule has 0 heterocycles. The van der Waals surface area contributed by atoms with Crippen LogP contribution in [-0.2, 0) is 21.5 Å². The fourth-order valence-electron chi connectivity index (χ4n) is 4.68. The van der Waals surface area contributed by atoms with Gasteiger partial charge in [-0.3, -0.25) is 9.59 Å². The summed E-state index contributed by atoms with van der Waals surface area (Å²) in [5.74, 6) is 0.394. The quantitative estimate of drug-likeness (QED) is 0.443. The van der Waals surface area contributed by atoms with Gasteiger partial charge in [-0.1, -0.05) is 88.9 Å². The van der Waals surface area contributed by atoms with Crippen LogP contribution in [0.1, 0.15) is 77.3 Å². The molecule has 2 aromatic carbocycles. The Kier molecular flexibility index (Phi) is 9.62. The molecule has 35 heavy (non-hydrogen) atoms. The number of amides is 2. The Balaban J connectivity index is 1.79. The van der Waals surface area contributed by atoms with Crippen molar-refractivity contribution < 1.29 is 14.3 Å². The normalized spacial score (nSPS) is 15.3. The van der Waals surface area contributed by atoms with E-state index in [0.717, 1.165) is 36.8 Å². The predicted molar refractivity (Wildman–Crippen MR) is 142 cm³/mol. The van der Waals surface area contributed by atoms with E-state index >= 15 is 0 Å². The topological polar surface area (TPSA) is 58.6 Å². The number of carbonyl (C=O) groups is 2. The summed E-state index contributed by atoms with van der Waals surface area (Å²) in [5.41, 5.74) is 1.84. The Hall–Kier alpha value is -2.53.